The molecule has 0 radical (unpaired) electrons. The third kappa shape index (κ3) is 3.84. The lowest BCUT2D eigenvalue weighted by Crippen LogP contribution is -2.43. The molecular weight excluding hydrogens is 342 g/mol. The lowest BCUT2D eigenvalue weighted by atomic mass is 10.1. The lowest BCUT2D eigenvalue weighted by Gasteiger charge is -2.14. The van der Waals surface area contributed by atoms with Gasteiger partial charge in [-0.25, -0.2) is 0 Å². The van der Waals surface area contributed by atoms with E-state index in [0.717, 1.165) is 12.0 Å². The first-order valence-corrected chi connectivity index (χ1v) is 9.12. The van der Waals surface area contributed by atoms with Crippen LogP contribution in [0.15, 0.2) is 58.1 Å². The average molecular weight is 365 g/mol. The van der Waals surface area contributed by atoms with E-state index in [1.54, 1.807) is 18.2 Å². The third-order valence-corrected chi connectivity index (χ3v) is 4.68. The van der Waals surface area contributed by atoms with E-state index in [-0.39, 0.29) is 12.5 Å². The predicted octanol–water partition coefficient (Wildman–Crippen LogP) is 2.06. The number of hydrogen-bond acceptors (Lipinski definition) is 3. The number of hydrogen-bond donors (Lipinski definition) is 1. The molecule has 6 heteroatoms. The Morgan fingerprint density at radius 2 is 1.41 bits per heavy atom. The van der Waals surface area contributed by atoms with Crippen molar-refractivity contribution >= 4 is 16.9 Å². The van der Waals surface area contributed by atoms with Gasteiger partial charge in [-0.2, -0.15) is 0 Å². The number of carbonyl (C=O) groups is 1. The molecule has 0 saturated heterocycles. The Kier molecular flexibility index (Phi) is 5.54. The summed E-state index contributed by atoms with van der Waals surface area (Å²) in [5, 5.41) is 2.82. The van der Waals surface area contributed by atoms with Crippen molar-refractivity contribution in [3.63, 3.8) is 0 Å². The van der Waals surface area contributed by atoms with Crippen molar-refractivity contribution in [3.8, 4) is 0 Å². The minimum absolute atomic E-state index is 0.188. The fraction of sp³-hybridized carbons (Fsp3) is 0.286. The Hall–Kier alpha value is -3.15. The molecule has 1 aromatic heterocycles. The van der Waals surface area contributed by atoms with E-state index in [4.69, 9.17) is 0 Å². The Labute approximate surface area is 157 Å². The highest BCUT2D eigenvalue weighted by Crippen LogP contribution is 2.10. The Morgan fingerprint density at radius 3 is 2.00 bits per heavy atom. The van der Waals surface area contributed by atoms with Crippen LogP contribution in [-0.4, -0.2) is 15.0 Å². The van der Waals surface area contributed by atoms with Crippen LogP contribution in [0.25, 0.3) is 11.0 Å². The summed E-state index contributed by atoms with van der Waals surface area (Å²) in [4.78, 5) is 37.2. The number of para-hydroxylation sites is 2. The molecule has 3 rings (SSSR count). The zero-order valence-corrected chi connectivity index (χ0v) is 15.6. The van der Waals surface area contributed by atoms with Crippen molar-refractivity contribution in [1.29, 1.82) is 0 Å². The number of aryl methyl sites for hydroxylation is 2. The Bertz CT molecular complexity index is 1080. The molecule has 1 amide bonds. The summed E-state index contributed by atoms with van der Waals surface area (Å²) in [6, 6.07) is 15.1. The molecule has 0 bridgehead atoms. The second-order valence-corrected chi connectivity index (χ2v) is 6.38. The molecule has 0 aliphatic rings. The molecule has 27 heavy (non-hydrogen) atoms. The maximum absolute atomic E-state index is 12.5. The molecule has 0 fully saturated rings. The molecule has 0 unspecified atom stereocenters. The van der Waals surface area contributed by atoms with Crippen molar-refractivity contribution in [2.75, 3.05) is 0 Å². The monoisotopic (exact) mass is 365 g/mol. The van der Waals surface area contributed by atoms with E-state index >= 15 is 0 Å². The molecule has 2 aromatic carbocycles. The lowest BCUT2D eigenvalue weighted by molar-refractivity contribution is -0.121. The van der Waals surface area contributed by atoms with Crippen LogP contribution in [0.5, 0.6) is 0 Å². The highest BCUT2D eigenvalue weighted by Gasteiger charge is 2.14. The van der Waals surface area contributed by atoms with E-state index in [0.29, 0.717) is 24.1 Å². The number of aromatic nitrogens is 2. The topological polar surface area (TPSA) is 73.1 Å². The first-order valence-electron chi connectivity index (χ1n) is 9.12. The number of rotatable bonds is 6. The van der Waals surface area contributed by atoms with Crippen LogP contribution in [-0.2, 0) is 30.8 Å². The van der Waals surface area contributed by atoms with Gasteiger partial charge in [0.2, 0.25) is 5.91 Å². The van der Waals surface area contributed by atoms with Crippen molar-refractivity contribution in [2.45, 2.75) is 39.9 Å². The van der Waals surface area contributed by atoms with Crippen molar-refractivity contribution in [3.05, 3.63) is 80.4 Å². The number of benzene rings is 2. The maximum atomic E-state index is 12.5. The standard InChI is InChI=1S/C21H23N3O3/c1-3-15-9-11-16(12-10-15)13-22-19(25)14-24-18-8-6-5-7-17(18)23(4-2)20(26)21(24)27/h5-12H,3-4,13-14H2,1-2H3,(H,22,25). The summed E-state index contributed by atoms with van der Waals surface area (Å²) in [5.74, 6) is -0.310. The second-order valence-electron chi connectivity index (χ2n) is 6.38. The molecule has 140 valence electrons. The van der Waals surface area contributed by atoms with Gasteiger partial charge in [0.25, 0.3) is 0 Å². The molecule has 0 aliphatic heterocycles. The quantitative estimate of drug-likeness (QED) is 0.680. The SMILES string of the molecule is CCc1ccc(CNC(=O)Cn2c(=O)c(=O)n(CC)c3ccccc32)cc1. The van der Waals surface area contributed by atoms with Crippen molar-refractivity contribution < 1.29 is 4.79 Å². The predicted molar refractivity (Wildman–Crippen MR) is 106 cm³/mol. The van der Waals surface area contributed by atoms with E-state index in [1.807, 2.05) is 37.3 Å². The molecule has 0 aliphatic carbocycles. The van der Waals surface area contributed by atoms with Crippen LogP contribution >= 0.6 is 0 Å². The van der Waals surface area contributed by atoms with Crippen LogP contribution in [0.4, 0.5) is 0 Å². The van der Waals surface area contributed by atoms with Crippen molar-refractivity contribution in [1.82, 2.24) is 14.5 Å². The number of fused-ring (bicyclic) bond motifs is 1. The van der Waals surface area contributed by atoms with E-state index in [1.165, 1.54) is 14.7 Å². The summed E-state index contributed by atoms with van der Waals surface area (Å²) in [6.07, 6.45) is 0.964. The van der Waals surface area contributed by atoms with Gasteiger partial charge in [0.05, 0.1) is 11.0 Å². The summed E-state index contributed by atoms with van der Waals surface area (Å²) in [6.45, 7) is 4.49. The highest BCUT2D eigenvalue weighted by atomic mass is 16.2. The van der Waals surface area contributed by atoms with Crippen LogP contribution in [0.1, 0.15) is 25.0 Å². The van der Waals surface area contributed by atoms with Crippen LogP contribution in [0.3, 0.4) is 0 Å². The van der Waals surface area contributed by atoms with Gasteiger partial charge in [-0.15, -0.1) is 0 Å². The van der Waals surface area contributed by atoms with Gasteiger partial charge < -0.3 is 9.88 Å². The van der Waals surface area contributed by atoms with Gasteiger partial charge in [0.15, 0.2) is 0 Å². The first-order chi connectivity index (χ1) is 13.0. The fourth-order valence-electron chi connectivity index (χ4n) is 3.13. The number of amides is 1. The molecule has 1 N–H and O–H groups in total. The molecule has 3 aromatic rings. The maximum Gasteiger partial charge on any atom is 0.317 e. The molecule has 6 nitrogen and oxygen atoms in total. The minimum Gasteiger partial charge on any atom is -0.350 e. The Balaban J connectivity index is 1.83. The fourth-order valence-corrected chi connectivity index (χ4v) is 3.13. The number of nitrogens with zero attached hydrogens (tertiary/aromatic N) is 2. The van der Waals surface area contributed by atoms with Crippen molar-refractivity contribution in [2.24, 2.45) is 0 Å². The molecule has 0 atom stereocenters. The van der Waals surface area contributed by atoms with Gasteiger partial charge in [-0.1, -0.05) is 43.3 Å². The summed E-state index contributed by atoms with van der Waals surface area (Å²) in [7, 11) is 0. The summed E-state index contributed by atoms with van der Waals surface area (Å²) >= 11 is 0. The van der Waals surface area contributed by atoms with Gasteiger partial charge in [-0.05, 0) is 36.6 Å². The molecule has 0 spiro atoms. The summed E-state index contributed by atoms with van der Waals surface area (Å²) < 4.78 is 2.68. The highest BCUT2D eigenvalue weighted by molar-refractivity contribution is 5.80. The van der Waals surface area contributed by atoms with E-state index < -0.39 is 11.1 Å². The third-order valence-electron chi connectivity index (χ3n) is 4.68. The van der Waals surface area contributed by atoms with Crippen LogP contribution in [0.2, 0.25) is 0 Å². The number of carbonyl (C=O) groups excluding carboxylic acids is 1. The van der Waals surface area contributed by atoms with Crippen LogP contribution in [0, 0.1) is 0 Å². The minimum atomic E-state index is -0.682. The summed E-state index contributed by atoms with van der Waals surface area (Å²) in [5.41, 5.74) is 2.15. The largest absolute Gasteiger partial charge is 0.350 e. The van der Waals surface area contributed by atoms with E-state index in [2.05, 4.69) is 12.2 Å². The Morgan fingerprint density at radius 1 is 0.852 bits per heavy atom. The smallest absolute Gasteiger partial charge is 0.317 e. The van der Waals surface area contributed by atoms with Gasteiger partial charge in [0, 0.05) is 13.1 Å². The van der Waals surface area contributed by atoms with Gasteiger partial charge >= 0.3 is 11.1 Å². The molecular formula is C21H23N3O3. The number of nitrogens with one attached hydrogen (secondary N) is 1. The van der Waals surface area contributed by atoms with Gasteiger partial charge in [-0.3, -0.25) is 19.0 Å². The zero-order chi connectivity index (χ0) is 19.4. The normalized spacial score (nSPS) is 10.9. The van der Waals surface area contributed by atoms with Gasteiger partial charge in [0.1, 0.15) is 6.54 Å². The first kappa shape index (κ1) is 18.6. The second kappa shape index (κ2) is 8.03. The van der Waals surface area contributed by atoms with Crippen LogP contribution < -0.4 is 16.4 Å². The molecule has 0 saturated carbocycles. The van der Waals surface area contributed by atoms with E-state index in [9.17, 15) is 14.4 Å². The zero-order valence-electron chi connectivity index (χ0n) is 15.6. The average Bonchev–Trinajstić information content (AvgIpc) is 2.70. The molecule has 1 heterocycles.